The number of nitrogens with one attached hydrogen (secondary N) is 1. The van der Waals surface area contributed by atoms with Gasteiger partial charge in [-0.1, -0.05) is 24.3 Å². The van der Waals surface area contributed by atoms with Gasteiger partial charge in [0.15, 0.2) is 0 Å². The second kappa shape index (κ2) is 7.73. The molecule has 1 aliphatic heterocycles. The van der Waals surface area contributed by atoms with Crippen LogP contribution in [0, 0.1) is 11.3 Å². The number of hydrogen-bond acceptors (Lipinski definition) is 5. The predicted molar refractivity (Wildman–Crippen MR) is 88.8 cm³/mol. The summed E-state index contributed by atoms with van der Waals surface area (Å²) in [6.45, 7) is 5.14. The average Bonchev–Trinajstić information content (AvgIpc) is 2.62. The zero-order chi connectivity index (χ0) is 15.9. The lowest BCUT2D eigenvalue weighted by molar-refractivity contribution is 0.0341. The first kappa shape index (κ1) is 15.5. The second-order valence-electron chi connectivity index (χ2n) is 5.52. The van der Waals surface area contributed by atoms with Crippen molar-refractivity contribution >= 4 is 5.82 Å². The number of rotatable bonds is 5. The van der Waals surface area contributed by atoms with Gasteiger partial charge in [-0.25, -0.2) is 4.98 Å². The van der Waals surface area contributed by atoms with Gasteiger partial charge >= 0.3 is 0 Å². The monoisotopic (exact) mass is 308 g/mol. The zero-order valence-electron chi connectivity index (χ0n) is 13.0. The van der Waals surface area contributed by atoms with Gasteiger partial charge in [0, 0.05) is 32.4 Å². The van der Waals surface area contributed by atoms with Crippen LogP contribution in [0.3, 0.4) is 0 Å². The van der Waals surface area contributed by atoms with Crippen LogP contribution in [0.15, 0.2) is 42.6 Å². The fourth-order valence-corrected chi connectivity index (χ4v) is 2.70. The third-order valence-corrected chi connectivity index (χ3v) is 3.99. The van der Waals surface area contributed by atoms with Crippen LogP contribution in [0.4, 0.5) is 5.82 Å². The van der Waals surface area contributed by atoms with Crippen molar-refractivity contribution in [2.45, 2.75) is 13.1 Å². The van der Waals surface area contributed by atoms with Crippen molar-refractivity contribution < 1.29 is 4.74 Å². The van der Waals surface area contributed by atoms with E-state index in [9.17, 15) is 0 Å². The average molecular weight is 308 g/mol. The van der Waals surface area contributed by atoms with Gasteiger partial charge in [-0.15, -0.1) is 0 Å². The largest absolute Gasteiger partial charge is 0.379 e. The van der Waals surface area contributed by atoms with E-state index >= 15 is 0 Å². The molecule has 3 rings (SSSR count). The molecule has 2 aromatic rings. The van der Waals surface area contributed by atoms with Gasteiger partial charge in [-0.05, 0) is 23.3 Å². The first-order valence-corrected chi connectivity index (χ1v) is 7.82. The first-order valence-electron chi connectivity index (χ1n) is 7.82. The molecular formula is C18H20N4O. The minimum Gasteiger partial charge on any atom is -0.379 e. The van der Waals surface area contributed by atoms with Gasteiger partial charge in [0.25, 0.3) is 0 Å². The predicted octanol–water partition coefficient (Wildman–Crippen LogP) is 2.40. The van der Waals surface area contributed by atoms with Crippen LogP contribution in [-0.4, -0.2) is 36.2 Å². The number of anilines is 1. The van der Waals surface area contributed by atoms with Crippen LogP contribution in [0.5, 0.6) is 0 Å². The van der Waals surface area contributed by atoms with E-state index in [0.29, 0.717) is 17.9 Å². The summed E-state index contributed by atoms with van der Waals surface area (Å²) >= 11 is 0. The van der Waals surface area contributed by atoms with Gasteiger partial charge in [0.2, 0.25) is 0 Å². The highest BCUT2D eigenvalue weighted by Crippen LogP contribution is 2.16. The summed E-state index contributed by atoms with van der Waals surface area (Å²) < 4.78 is 5.41. The summed E-state index contributed by atoms with van der Waals surface area (Å²) in [7, 11) is 0. The van der Waals surface area contributed by atoms with Gasteiger partial charge in [-0.2, -0.15) is 5.26 Å². The van der Waals surface area contributed by atoms with Crippen molar-refractivity contribution in [3.8, 4) is 6.07 Å². The maximum Gasteiger partial charge on any atom is 0.144 e. The molecule has 0 amide bonds. The van der Waals surface area contributed by atoms with Crippen molar-refractivity contribution in [3.63, 3.8) is 0 Å². The Morgan fingerprint density at radius 1 is 1.13 bits per heavy atom. The Labute approximate surface area is 136 Å². The summed E-state index contributed by atoms with van der Waals surface area (Å²) in [6.07, 6.45) is 1.70. The lowest BCUT2D eigenvalue weighted by Crippen LogP contribution is -2.35. The van der Waals surface area contributed by atoms with Crippen molar-refractivity contribution in [2.24, 2.45) is 0 Å². The van der Waals surface area contributed by atoms with Crippen LogP contribution in [-0.2, 0) is 17.8 Å². The zero-order valence-corrected chi connectivity index (χ0v) is 13.0. The first-order chi connectivity index (χ1) is 11.4. The minimum atomic E-state index is 0.568. The molecule has 0 aliphatic carbocycles. The molecular weight excluding hydrogens is 288 g/mol. The summed E-state index contributed by atoms with van der Waals surface area (Å²) in [6, 6.07) is 14.1. The Morgan fingerprint density at radius 2 is 1.91 bits per heavy atom. The van der Waals surface area contributed by atoms with Crippen LogP contribution in [0.25, 0.3) is 0 Å². The van der Waals surface area contributed by atoms with E-state index in [1.807, 2.05) is 6.07 Å². The lowest BCUT2D eigenvalue weighted by atomic mass is 10.1. The van der Waals surface area contributed by atoms with Crippen molar-refractivity contribution in [1.29, 1.82) is 5.26 Å². The Balaban J connectivity index is 1.69. The number of morpholine rings is 1. The van der Waals surface area contributed by atoms with E-state index in [1.54, 1.807) is 18.3 Å². The fourth-order valence-electron chi connectivity index (χ4n) is 2.70. The SMILES string of the molecule is N#Cc1cccnc1NCc1ccccc1CN1CCOCC1. The Bertz CT molecular complexity index is 689. The maximum atomic E-state index is 9.14. The Kier molecular flexibility index (Phi) is 5.20. The highest BCUT2D eigenvalue weighted by atomic mass is 16.5. The molecule has 1 aromatic heterocycles. The second-order valence-corrected chi connectivity index (χ2v) is 5.52. The molecule has 0 atom stereocenters. The van der Waals surface area contributed by atoms with Gasteiger partial charge in [0.05, 0.1) is 18.8 Å². The smallest absolute Gasteiger partial charge is 0.144 e. The third kappa shape index (κ3) is 4.07. The number of aromatic nitrogens is 1. The summed E-state index contributed by atoms with van der Waals surface area (Å²) in [5, 5.41) is 12.4. The Hall–Kier alpha value is -2.42. The van der Waals surface area contributed by atoms with E-state index in [4.69, 9.17) is 10.00 Å². The van der Waals surface area contributed by atoms with Gasteiger partial charge in [0.1, 0.15) is 11.9 Å². The fraction of sp³-hybridized carbons (Fsp3) is 0.333. The van der Waals surface area contributed by atoms with E-state index in [-0.39, 0.29) is 0 Å². The summed E-state index contributed by atoms with van der Waals surface area (Å²) in [5.41, 5.74) is 3.10. The molecule has 23 heavy (non-hydrogen) atoms. The molecule has 0 unspecified atom stereocenters. The summed E-state index contributed by atoms with van der Waals surface area (Å²) in [5.74, 6) is 0.635. The molecule has 0 saturated carbocycles. The highest BCUT2D eigenvalue weighted by molar-refractivity contribution is 5.51. The number of nitrogens with zero attached hydrogens (tertiary/aromatic N) is 3. The minimum absolute atomic E-state index is 0.568. The molecule has 0 spiro atoms. The lowest BCUT2D eigenvalue weighted by Gasteiger charge is -2.27. The van der Waals surface area contributed by atoms with Crippen molar-refractivity contribution in [2.75, 3.05) is 31.6 Å². The van der Waals surface area contributed by atoms with Crippen LogP contribution < -0.4 is 5.32 Å². The van der Waals surface area contributed by atoms with Crippen LogP contribution in [0.1, 0.15) is 16.7 Å². The van der Waals surface area contributed by atoms with Crippen LogP contribution >= 0.6 is 0 Å². The van der Waals surface area contributed by atoms with Gasteiger partial charge < -0.3 is 10.1 Å². The summed E-state index contributed by atoms with van der Waals surface area (Å²) in [4.78, 5) is 6.66. The maximum absolute atomic E-state index is 9.14. The molecule has 1 N–H and O–H groups in total. The number of pyridine rings is 1. The molecule has 1 saturated heterocycles. The number of hydrogen-bond donors (Lipinski definition) is 1. The van der Waals surface area contributed by atoms with Crippen LogP contribution in [0.2, 0.25) is 0 Å². The topological polar surface area (TPSA) is 61.2 Å². The molecule has 2 heterocycles. The molecule has 0 radical (unpaired) electrons. The third-order valence-electron chi connectivity index (χ3n) is 3.99. The van der Waals surface area contributed by atoms with E-state index in [0.717, 1.165) is 32.8 Å². The van der Waals surface area contributed by atoms with Crippen molar-refractivity contribution in [3.05, 3.63) is 59.3 Å². The quantitative estimate of drug-likeness (QED) is 0.919. The normalized spacial score (nSPS) is 15.1. The molecule has 1 aromatic carbocycles. The number of ether oxygens (including phenoxy) is 1. The molecule has 5 nitrogen and oxygen atoms in total. The van der Waals surface area contributed by atoms with E-state index in [1.165, 1.54) is 11.1 Å². The number of nitriles is 1. The molecule has 118 valence electrons. The molecule has 1 aliphatic rings. The molecule has 5 heteroatoms. The van der Waals surface area contributed by atoms with E-state index in [2.05, 4.69) is 39.5 Å². The standard InChI is InChI=1S/C18H20N4O/c19-12-15-6-3-7-20-18(15)21-13-16-4-1-2-5-17(16)14-22-8-10-23-11-9-22/h1-7H,8-11,13-14H2,(H,20,21). The van der Waals surface area contributed by atoms with Gasteiger partial charge in [-0.3, -0.25) is 4.90 Å². The molecule has 1 fully saturated rings. The number of benzene rings is 1. The van der Waals surface area contributed by atoms with E-state index < -0.39 is 0 Å². The Morgan fingerprint density at radius 3 is 2.70 bits per heavy atom. The molecule has 0 bridgehead atoms. The van der Waals surface area contributed by atoms with Crippen molar-refractivity contribution in [1.82, 2.24) is 9.88 Å². The highest BCUT2D eigenvalue weighted by Gasteiger charge is 2.12.